The molecule has 2 heterocycles. The van der Waals surface area contributed by atoms with E-state index in [4.69, 9.17) is 0 Å². The van der Waals surface area contributed by atoms with Gasteiger partial charge in [-0.25, -0.2) is 0 Å². The third kappa shape index (κ3) is 3.66. The zero-order chi connectivity index (χ0) is 13.0. The molecule has 7 heteroatoms. The summed E-state index contributed by atoms with van der Waals surface area (Å²) in [5.74, 6) is 0.000204. The van der Waals surface area contributed by atoms with E-state index < -0.39 is 10.2 Å². The van der Waals surface area contributed by atoms with E-state index in [0.29, 0.717) is 32.5 Å². The first-order valence-electron chi connectivity index (χ1n) is 6.62. The van der Waals surface area contributed by atoms with Crippen LogP contribution < -0.4 is 10.0 Å². The molecule has 0 spiro atoms. The van der Waals surface area contributed by atoms with E-state index in [1.165, 1.54) is 4.31 Å². The van der Waals surface area contributed by atoms with Crippen LogP contribution in [0.5, 0.6) is 0 Å². The number of hydrogen-bond donors (Lipinski definition) is 2. The first kappa shape index (κ1) is 13.8. The molecule has 104 valence electrons. The zero-order valence-corrected chi connectivity index (χ0v) is 11.3. The van der Waals surface area contributed by atoms with Gasteiger partial charge in [-0.1, -0.05) is 12.8 Å². The first-order chi connectivity index (χ1) is 8.58. The Morgan fingerprint density at radius 1 is 1.17 bits per heavy atom. The highest BCUT2D eigenvalue weighted by atomic mass is 32.2. The third-order valence-corrected chi connectivity index (χ3v) is 5.16. The molecule has 1 atom stereocenters. The number of nitrogens with zero attached hydrogens (tertiary/aromatic N) is 1. The van der Waals surface area contributed by atoms with Crippen molar-refractivity contribution in [2.75, 3.05) is 19.6 Å². The molecule has 0 aromatic heterocycles. The minimum absolute atomic E-state index is 0.000204. The summed E-state index contributed by atoms with van der Waals surface area (Å²) in [7, 11) is -3.39. The van der Waals surface area contributed by atoms with Crippen LogP contribution in [0.2, 0.25) is 0 Å². The van der Waals surface area contributed by atoms with Crippen molar-refractivity contribution in [3.63, 3.8) is 0 Å². The second-order valence-corrected chi connectivity index (χ2v) is 6.68. The zero-order valence-electron chi connectivity index (χ0n) is 10.5. The van der Waals surface area contributed by atoms with Gasteiger partial charge in [0, 0.05) is 32.1 Å². The van der Waals surface area contributed by atoms with Gasteiger partial charge in [-0.15, -0.1) is 0 Å². The summed E-state index contributed by atoms with van der Waals surface area (Å²) < 4.78 is 28.6. The van der Waals surface area contributed by atoms with Crippen LogP contribution in [0.25, 0.3) is 0 Å². The second-order valence-electron chi connectivity index (χ2n) is 4.98. The highest BCUT2D eigenvalue weighted by Crippen LogP contribution is 2.13. The summed E-state index contributed by atoms with van der Waals surface area (Å²) in [5, 5.41) is 2.69. The molecule has 0 bridgehead atoms. The Kier molecular flexibility index (Phi) is 4.58. The fraction of sp³-hybridized carbons (Fsp3) is 0.909. The van der Waals surface area contributed by atoms with Gasteiger partial charge >= 0.3 is 0 Å². The lowest BCUT2D eigenvalue weighted by molar-refractivity contribution is -0.122. The van der Waals surface area contributed by atoms with E-state index >= 15 is 0 Å². The van der Waals surface area contributed by atoms with Crippen LogP contribution in [-0.4, -0.2) is 44.3 Å². The van der Waals surface area contributed by atoms with Gasteiger partial charge in [0.2, 0.25) is 5.91 Å². The van der Waals surface area contributed by atoms with Gasteiger partial charge in [-0.05, 0) is 19.3 Å². The van der Waals surface area contributed by atoms with E-state index in [-0.39, 0.29) is 11.9 Å². The van der Waals surface area contributed by atoms with Crippen molar-refractivity contribution in [3.8, 4) is 0 Å². The quantitative estimate of drug-likeness (QED) is 0.759. The van der Waals surface area contributed by atoms with Crippen LogP contribution in [0.15, 0.2) is 0 Å². The summed E-state index contributed by atoms with van der Waals surface area (Å²) >= 11 is 0. The lowest BCUT2D eigenvalue weighted by Gasteiger charge is -2.27. The summed E-state index contributed by atoms with van der Waals surface area (Å²) in [6.45, 7) is 1.61. The Hall–Kier alpha value is -0.660. The normalized spacial score (nSPS) is 27.6. The van der Waals surface area contributed by atoms with Crippen LogP contribution >= 0.6 is 0 Å². The van der Waals surface area contributed by atoms with Gasteiger partial charge in [-0.2, -0.15) is 17.4 Å². The molecule has 2 aliphatic rings. The smallest absolute Gasteiger partial charge is 0.279 e. The maximum absolute atomic E-state index is 12.2. The Morgan fingerprint density at radius 3 is 2.39 bits per heavy atom. The molecule has 18 heavy (non-hydrogen) atoms. The minimum atomic E-state index is -3.39. The maximum Gasteiger partial charge on any atom is 0.279 e. The fourth-order valence-corrected chi connectivity index (χ4v) is 3.91. The van der Waals surface area contributed by atoms with Crippen LogP contribution in [0.4, 0.5) is 0 Å². The molecule has 1 amide bonds. The molecule has 0 radical (unpaired) electrons. The van der Waals surface area contributed by atoms with Crippen molar-refractivity contribution >= 4 is 16.1 Å². The van der Waals surface area contributed by atoms with Crippen LogP contribution in [0.1, 0.15) is 38.5 Å². The van der Waals surface area contributed by atoms with Crippen molar-refractivity contribution in [1.29, 1.82) is 0 Å². The predicted molar refractivity (Wildman–Crippen MR) is 68.1 cm³/mol. The number of hydrogen-bond acceptors (Lipinski definition) is 3. The lowest BCUT2D eigenvalue weighted by Crippen LogP contribution is -2.52. The Balaban J connectivity index is 1.91. The monoisotopic (exact) mass is 275 g/mol. The average molecular weight is 275 g/mol. The van der Waals surface area contributed by atoms with Crippen molar-refractivity contribution in [2.24, 2.45) is 0 Å². The van der Waals surface area contributed by atoms with Crippen molar-refractivity contribution in [3.05, 3.63) is 0 Å². The van der Waals surface area contributed by atoms with E-state index in [9.17, 15) is 13.2 Å². The molecule has 0 aromatic rings. The highest BCUT2D eigenvalue weighted by Gasteiger charge is 2.27. The van der Waals surface area contributed by atoms with Gasteiger partial charge in [0.05, 0.1) is 0 Å². The topological polar surface area (TPSA) is 78.5 Å². The lowest BCUT2D eigenvalue weighted by atomic mass is 10.1. The van der Waals surface area contributed by atoms with Gasteiger partial charge in [-0.3, -0.25) is 4.79 Å². The van der Waals surface area contributed by atoms with Crippen LogP contribution in [0, 0.1) is 0 Å². The first-order valence-corrected chi connectivity index (χ1v) is 8.06. The predicted octanol–water partition coefficient (Wildman–Crippen LogP) is -0.0246. The Labute approximate surface area is 108 Å². The summed E-state index contributed by atoms with van der Waals surface area (Å²) in [6.07, 6.45) is 5.05. The van der Waals surface area contributed by atoms with E-state index in [0.717, 1.165) is 25.7 Å². The molecule has 2 fully saturated rings. The minimum Gasteiger partial charge on any atom is -0.355 e. The standard InChI is InChI=1S/C11H21N3O3S/c15-11-6-5-10(9-12-11)13-18(16,17)14-7-3-1-2-4-8-14/h10,13H,1-9H2,(H,12,15). The average Bonchev–Trinajstić information content (AvgIpc) is 2.61. The number of carbonyl (C=O) groups is 1. The molecule has 2 N–H and O–H groups in total. The number of carbonyl (C=O) groups excluding carboxylic acids is 1. The number of amides is 1. The van der Waals surface area contributed by atoms with Gasteiger partial charge in [0.1, 0.15) is 0 Å². The SMILES string of the molecule is O=C1CCC(NS(=O)(=O)N2CCCCCC2)CN1. The molecule has 6 nitrogen and oxygen atoms in total. The molecule has 2 rings (SSSR count). The third-order valence-electron chi connectivity index (χ3n) is 3.49. The Bertz CT molecular complexity index is 378. The van der Waals surface area contributed by atoms with Gasteiger partial charge in [0.15, 0.2) is 0 Å². The molecule has 0 aromatic carbocycles. The molecule has 1 unspecified atom stereocenters. The van der Waals surface area contributed by atoms with E-state index in [1.54, 1.807) is 0 Å². The summed E-state index contributed by atoms with van der Waals surface area (Å²) in [5.41, 5.74) is 0. The summed E-state index contributed by atoms with van der Waals surface area (Å²) in [6, 6.07) is -0.170. The Morgan fingerprint density at radius 2 is 1.83 bits per heavy atom. The highest BCUT2D eigenvalue weighted by molar-refractivity contribution is 7.87. The number of rotatable bonds is 3. The van der Waals surface area contributed by atoms with Gasteiger partial charge < -0.3 is 5.32 Å². The molecule has 2 aliphatic heterocycles. The molecule has 2 saturated heterocycles. The van der Waals surface area contributed by atoms with Crippen molar-refractivity contribution in [1.82, 2.24) is 14.3 Å². The van der Waals surface area contributed by atoms with E-state index in [2.05, 4.69) is 10.0 Å². The largest absolute Gasteiger partial charge is 0.355 e. The van der Waals surface area contributed by atoms with Gasteiger partial charge in [0.25, 0.3) is 10.2 Å². The molecule has 0 saturated carbocycles. The molecule has 0 aliphatic carbocycles. The molecular formula is C11H21N3O3S. The fourth-order valence-electron chi connectivity index (χ4n) is 2.40. The van der Waals surface area contributed by atoms with Crippen molar-refractivity contribution in [2.45, 2.75) is 44.6 Å². The number of piperidine rings is 1. The number of nitrogens with one attached hydrogen (secondary N) is 2. The second kappa shape index (κ2) is 5.99. The van der Waals surface area contributed by atoms with Crippen molar-refractivity contribution < 1.29 is 13.2 Å². The van der Waals surface area contributed by atoms with E-state index in [1.807, 2.05) is 0 Å². The maximum atomic E-state index is 12.2. The summed E-state index contributed by atoms with van der Waals surface area (Å²) in [4.78, 5) is 11.0. The van der Waals surface area contributed by atoms with Crippen LogP contribution in [-0.2, 0) is 15.0 Å². The molecular weight excluding hydrogens is 254 g/mol. The van der Waals surface area contributed by atoms with Crippen LogP contribution in [0.3, 0.4) is 0 Å².